The number of nitrogens with zero attached hydrogens (tertiary/aromatic N) is 2. The standard InChI is InChI=1S/C25H16F6N2OS/c26-24(27,28)15-5-3-4-14(10-15)12-33-19-7-2-1-6-17(19)22(20(33)13-34)23-32-18-11-16(25(29,30)31)8-9-21(18)35-23/h1-11,34H,12-13H2. The number of hydrogen-bond acceptors (Lipinski definition) is 3. The lowest BCUT2D eigenvalue weighted by atomic mass is 10.1. The minimum atomic E-state index is -4.50. The maximum Gasteiger partial charge on any atom is 0.416 e. The number of aliphatic hydroxyl groups excluding tert-OH is 1. The van der Waals surface area contributed by atoms with Gasteiger partial charge in [0.25, 0.3) is 0 Å². The molecule has 10 heteroatoms. The van der Waals surface area contributed by atoms with Crippen molar-refractivity contribution in [2.75, 3.05) is 0 Å². The van der Waals surface area contributed by atoms with Crippen LogP contribution in [-0.4, -0.2) is 14.7 Å². The van der Waals surface area contributed by atoms with E-state index in [4.69, 9.17) is 0 Å². The molecule has 3 aromatic carbocycles. The van der Waals surface area contributed by atoms with E-state index >= 15 is 0 Å². The van der Waals surface area contributed by atoms with Crippen molar-refractivity contribution in [3.63, 3.8) is 0 Å². The SMILES string of the molecule is OCc1c(-c2nc3cc(C(F)(F)F)ccc3s2)c2ccccc2n1Cc1cccc(C(F)(F)F)c1. The van der Waals surface area contributed by atoms with Gasteiger partial charge in [0, 0.05) is 23.0 Å². The van der Waals surface area contributed by atoms with Crippen LogP contribution in [0.15, 0.2) is 66.7 Å². The van der Waals surface area contributed by atoms with Gasteiger partial charge < -0.3 is 9.67 Å². The summed E-state index contributed by atoms with van der Waals surface area (Å²) in [5, 5.41) is 11.4. The van der Waals surface area contributed by atoms with Gasteiger partial charge in [0.1, 0.15) is 5.01 Å². The second-order valence-electron chi connectivity index (χ2n) is 7.98. The van der Waals surface area contributed by atoms with Crippen molar-refractivity contribution in [1.29, 1.82) is 0 Å². The minimum Gasteiger partial charge on any atom is -0.390 e. The number of fused-ring (bicyclic) bond motifs is 2. The highest BCUT2D eigenvalue weighted by atomic mass is 32.1. The molecule has 180 valence electrons. The molecular formula is C25H16F6N2OS. The van der Waals surface area contributed by atoms with Crippen LogP contribution in [0.5, 0.6) is 0 Å². The predicted molar refractivity (Wildman–Crippen MR) is 122 cm³/mol. The molecule has 0 spiro atoms. The average Bonchev–Trinajstić information content (AvgIpc) is 3.36. The largest absolute Gasteiger partial charge is 0.416 e. The van der Waals surface area contributed by atoms with Gasteiger partial charge in [-0.1, -0.05) is 30.3 Å². The van der Waals surface area contributed by atoms with Crippen LogP contribution in [0.1, 0.15) is 22.4 Å². The van der Waals surface area contributed by atoms with E-state index in [2.05, 4.69) is 4.98 Å². The molecule has 0 fully saturated rings. The minimum absolute atomic E-state index is 0.0590. The van der Waals surface area contributed by atoms with E-state index in [1.165, 1.54) is 23.5 Å². The Morgan fingerprint density at radius 3 is 2.26 bits per heavy atom. The summed E-state index contributed by atoms with van der Waals surface area (Å²) in [6.07, 6.45) is -8.99. The van der Waals surface area contributed by atoms with Gasteiger partial charge in [-0.25, -0.2) is 4.98 Å². The van der Waals surface area contributed by atoms with Gasteiger partial charge in [-0.3, -0.25) is 0 Å². The van der Waals surface area contributed by atoms with E-state index in [9.17, 15) is 31.4 Å². The quantitative estimate of drug-likeness (QED) is 0.257. The zero-order valence-electron chi connectivity index (χ0n) is 17.8. The molecule has 5 aromatic rings. The fraction of sp³-hybridized carbons (Fsp3) is 0.160. The molecule has 1 N–H and O–H groups in total. The van der Waals surface area contributed by atoms with Gasteiger partial charge in [0.2, 0.25) is 0 Å². The number of alkyl halides is 6. The molecule has 35 heavy (non-hydrogen) atoms. The number of rotatable bonds is 4. The Kier molecular flexibility index (Phi) is 5.60. The Hall–Kier alpha value is -3.37. The highest BCUT2D eigenvalue weighted by molar-refractivity contribution is 7.21. The molecule has 0 atom stereocenters. The third kappa shape index (κ3) is 4.28. The number of aromatic nitrogens is 2. The second kappa shape index (κ2) is 8.39. The maximum absolute atomic E-state index is 13.2. The highest BCUT2D eigenvalue weighted by Gasteiger charge is 2.32. The number of benzene rings is 3. The van der Waals surface area contributed by atoms with Crippen molar-refractivity contribution in [2.24, 2.45) is 0 Å². The zero-order chi connectivity index (χ0) is 25.0. The Labute approximate surface area is 198 Å². The van der Waals surface area contributed by atoms with E-state index < -0.39 is 30.1 Å². The first-order valence-corrected chi connectivity index (χ1v) is 11.2. The van der Waals surface area contributed by atoms with Gasteiger partial charge in [0.15, 0.2) is 0 Å². The number of aliphatic hydroxyl groups is 1. The van der Waals surface area contributed by atoms with Gasteiger partial charge in [0.05, 0.1) is 33.6 Å². The van der Waals surface area contributed by atoms with Crippen molar-refractivity contribution in [1.82, 2.24) is 9.55 Å². The average molecular weight is 506 g/mol. The van der Waals surface area contributed by atoms with E-state index in [0.29, 0.717) is 37.4 Å². The van der Waals surface area contributed by atoms with Crippen LogP contribution < -0.4 is 0 Å². The molecule has 0 aliphatic heterocycles. The highest BCUT2D eigenvalue weighted by Crippen LogP contribution is 2.41. The molecule has 0 aliphatic rings. The summed E-state index contributed by atoms with van der Waals surface area (Å²) in [6, 6.07) is 15.4. The number of halogens is 6. The lowest BCUT2D eigenvalue weighted by Crippen LogP contribution is -2.08. The molecule has 3 nitrogen and oxygen atoms in total. The third-order valence-corrected chi connectivity index (χ3v) is 6.81. The molecule has 5 rings (SSSR count). The van der Waals surface area contributed by atoms with Crippen molar-refractivity contribution < 1.29 is 31.4 Å². The topological polar surface area (TPSA) is 38.1 Å². The van der Waals surface area contributed by atoms with Crippen LogP contribution in [0.2, 0.25) is 0 Å². The first-order valence-electron chi connectivity index (χ1n) is 10.4. The van der Waals surface area contributed by atoms with Crippen molar-refractivity contribution in [3.8, 4) is 10.6 Å². The monoisotopic (exact) mass is 506 g/mol. The molecule has 0 radical (unpaired) electrons. The van der Waals surface area contributed by atoms with Gasteiger partial charge >= 0.3 is 12.4 Å². The maximum atomic E-state index is 13.2. The number of para-hydroxylation sites is 1. The van der Waals surface area contributed by atoms with E-state index in [1.807, 2.05) is 0 Å². The fourth-order valence-electron chi connectivity index (χ4n) is 4.18. The summed E-state index contributed by atoms with van der Waals surface area (Å²) in [5.74, 6) is 0. The summed E-state index contributed by atoms with van der Waals surface area (Å²) in [5.41, 5.74) is 0.613. The summed E-state index contributed by atoms with van der Waals surface area (Å²) >= 11 is 1.19. The molecule has 0 saturated heterocycles. The number of hydrogen-bond donors (Lipinski definition) is 1. The van der Waals surface area contributed by atoms with Crippen molar-refractivity contribution in [2.45, 2.75) is 25.5 Å². The molecular weight excluding hydrogens is 490 g/mol. The zero-order valence-corrected chi connectivity index (χ0v) is 18.6. The molecule has 0 unspecified atom stereocenters. The van der Waals surface area contributed by atoms with Crippen LogP contribution in [0.4, 0.5) is 26.3 Å². The van der Waals surface area contributed by atoms with Gasteiger partial charge in [-0.15, -0.1) is 11.3 Å². The summed E-state index contributed by atoms with van der Waals surface area (Å²) in [6.45, 7) is -0.379. The molecule has 0 amide bonds. The Bertz CT molecular complexity index is 1550. The van der Waals surface area contributed by atoms with Crippen LogP contribution in [0, 0.1) is 0 Å². The normalized spacial score (nSPS) is 12.7. The predicted octanol–water partition coefficient (Wildman–Crippen LogP) is 7.50. The Morgan fingerprint density at radius 2 is 1.54 bits per heavy atom. The molecule has 0 bridgehead atoms. The lowest BCUT2D eigenvalue weighted by Gasteiger charge is -2.12. The van der Waals surface area contributed by atoms with Crippen LogP contribution in [0.25, 0.3) is 31.7 Å². The van der Waals surface area contributed by atoms with Crippen molar-refractivity contribution in [3.05, 3.63) is 89.1 Å². The first kappa shape index (κ1) is 23.4. The molecule has 2 heterocycles. The summed E-state index contributed by atoms with van der Waals surface area (Å²) in [4.78, 5) is 4.43. The first-order chi connectivity index (χ1) is 16.6. The van der Waals surface area contributed by atoms with Gasteiger partial charge in [-0.2, -0.15) is 26.3 Å². The van der Waals surface area contributed by atoms with Gasteiger partial charge in [-0.05, 0) is 42.0 Å². The van der Waals surface area contributed by atoms with Crippen LogP contribution in [-0.2, 0) is 25.5 Å². The van der Waals surface area contributed by atoms with E-state index in [0.717, 1.165) is 24.3 Å². The second-order valence-corrected chi connectivity index (χ2v) is 9.01. The van der Waals surface area contributed by atoms with E-state index in [1.54, 1.807) is 34.9 Å². The molecule has 0 saturated carbocycles. The fourth-order valence-corrected chi connectivity index (χ4v) is 5.21. The third-order valence-electron chi connectivity index (χ3n) is 5.75. The van der Waals surface area contributed by atoms with Crippen LogP contribution in [0.3, 0.4) is 0 Å². The smallest absolute Gasteiger partial charge is 0.390 e. The molecule has 0 aliphatic carbocycles. The Balaban J connectivity index is 1.67. The van der Waals surface area contributed by atoms with E-state index in [-0.39, 0.29) is 12.1 Å². The summed E-state index contributed by atoms with van der Waals surface area (Å²) < 4.78 is 81.4. The van der Waals surface area contributed by atoms with Crippen molar-refractivity contribution >= 4 is 32.5 Å². The molecule has 2 aromatic heterocycles. The van der Waals surface area contributed by atoms with Crippen LogP contribution >= 0.6 is 11.3 Å². The lowest BCUT2D eigenvalue weighted by molar-refractivity contribution is -0.138. The summed E-state index contributed by atoms with van der Waals surface area (Å²) in [7, 11) is 0. The Morgan fingerprint density at radius 1 is 0.829 bits per heavy atom. The number of thiazole rings is 1.